The predicted molar refractivity (Wildman–Crippen MR) is 178 cm³/mol. The van der Waals surface area contributed by atoms with Gasteiger partial charge in [-0.15, -0.1) is 6.58 Å². The van der Waals surface area contributed by atoms with Gasteiger partial charge in [0.2, 0.25) is 5.91 Å². The summed E-state index contributed by atoms with van der Waals surface area (Å²) >= 11 is 0. The third kappa shape index (κ3) is 11.7. The molecule has 4 rings (SSSR count). The fraction of sp³-hybridized carbons (Fsp3) is 0.400. The van der Waals surface area contributed by atoms with Crippen molar-refractivity contribution < 1.29 is 23.9 Å². The molecular weight excluding hydrogens is 572 g/mol. The third-order valence-corrected chi connectivity index (χ3v) is 6.55. The van der Waals surface area contributed by atoms with E-state index >= 15 is 0 Å². The minimum absolute atomic E-state index is 0.172. The van der Waals surface area contributed by atoms with Gasteiger partial charge in [0.25, 0.3) is 5.56 Å². The van der Waals surface area contributed by atoms with Crippen molar-refractivity contribution in [1.29, 1.82) is 0 Å². The molecular formula is C35H46N4O6. The van der Waals surface area contributed by atoms with Gasteiger partial charge in [0.15, 0.2) is 0 Å². The number of rotatable bonds is 8. The summed E-state index contributed by atoms with van der Waals surface area (Å²) in [6.07, 6.45) is 4.09. The lowest BCUT2D eigenvalue weighted by atomic mass is 9.96. The van der Waals surface area contributed by atoms with E-state index in [1.165, 1.54) is 12.0 Å². The number of esters is 1. The number of carbonyl (C=O) groups is 3. The first-order valence-corrected chi connectivity index (χ1v) is 14.9. The number of nitrogens with zero attached hydrogens (tertiary/aromatic N) is 2. The molecule has 1 aliphatic rings. The van der Waals surface area contributed by atoms with Gasteiger partial charge in [-0.2, -0.15) is 0 Å². The molecule has 242 valence electrons. The number of carbonyl (C=O) groups excluding carboxylic acids is 3. The predicted octanol–water partition coefficient (Wildman–Crippen LogP) is 5.98. The molecule has 1 aliphatic heterocycles. The molecule has 2 N–H and O–H groups in total. The van der Waals surface area contributed by atoms with Crippen molar-refractivity contribution in [2.24, 2.45) is 11.3 Å². The SMILES string of the molecule is C=CC(C)(C)COC(=O)NCC(=O)N1CCCC1C(=O)OC.C=Cc1cccc(-c2nc3ccccc3[nH]c2=O)c1.CC(C)C. The number of hydrogen-bond donors (Lipinski definition) is 2. The normalized spacial score (nSPS) is 13.9. The van der Waals surface area contributed by atoms with Crippen LogP contribution in [-0.4, -0.2) is 65.7 Å². The molecule has 1 unspecified atom stereocenters. The lowest BCUT2D eigenvalue weighted by molar-refractivity contribution is -0.150. The Balaban J connectivity index is 0.000000282. The number of H-pyrrole nitrogens is 1. The van der Waals surface area contributed by atoms with Gasteiger partial charge in [0, 0.05) is 17.5 Å². The molecule has 45 heavy (non-hydrogen) atoms. The van der Waals surface area contributed by atoms with Gasteiger partial charge in [-0.05, 0) is 42.5 Å². The van der Waals surface area contributed by atoms with Gasteiger partial charge in [-0.3, -0.25) is 9.59 Å². The van der Waals surface area contributed by atoms with Crippen LogP contribution < -0.4 is 10.9 Å². The van der Waals surface area contributed by atoms with E-state index in [0.29, 0.717) is 18.7 Å². The van der Waals surface area contributed by atoms with Crippen molar-refractivity contribution in [3.05, 3.63) is 83.7 Å². The second-order valence-electron chi connectivity index (χ2n) is 11.9. The van der Waals surface area contributed by atoms with Crippen molar-refractivity contribution in [2.45, 2.75) is 53.5 Å². The number of methoxy groups -OCH3 is 1. The molecule has 2 heterocycles. The fourth-order valence-corrected chi connectivity index (χ4v) is 4.10. The highest BCUT2D eigenvalue weighted by molar-refractivity contribution is 5.87. The highest BCUT2D eigenvalue weighted by atomic mass is 16.5. The summed E-state index contributed by atoms with van der Waals surface area (Å²) in [5.74, 6) is 0.0778. The Hall–Kier alpha value is -4.73. The van der Waals surface area contributed by atoms with Crippen LogP contribution in [0.2, 0.25) is 0 Å². The third-order valence-electron chi connectivity index (χ3n) is 6.55. The molecule has 10 nitrogen and oxygen atoms in total. The average molecular weight is 619 g/mol. The Morgan fingerprint density at radius 2 is 1.82 bits per heavy atom. The van der Waals surface area contributed by atoms with Gasteiger partial charge >= 0.3 is 12.1 Å². The van der Waals surface area contributed by atoms with Crippen molar-refractivity contribution in [1.82, 2.24) is 20.2 Å². The highest BCUT2D eigenvalue weighted by Gasteiger charge is 2.34. The molecule has 0 radical (unpaired) electrons. The van der Waals surface area contributed by atoms with E-state index in [1.54, 1.807) is 12.2 Å². The molecule has 2 aromatic carbocycles. The molecule has 0 aliphatic carbocycles. The molecule has 0 saturated carbocycles. The number of hydrogen-bond acceptors (Lipinski definition) is 7. The highest BCUT2D eigenvalue weighted by Crippen LogP contribution is 2.19. The van der Waals surface area contributed by atoms with E-state index in [2.05, 4.69) is 54.0 Å². The van der Waals surface area contributed by atoms with Crippen LogP contribution in [0, 0.1) is 11.3 Å². The standard InChI is InChI=1S/C16H12N2O.C15H24N2O5.C4H10/c1-2-11-6-5-7-12(10-11)15-16(19)18-14-9-4-3-8-13(14)17-15;1-5-15(2,3)10-22-14(20)16-9-12(18)17-8-6-7-11(17)13(19)21-4;1-4(2)3/h2-10H,1H2,(H,18,19);5,11H,1,6-10H2,2-4H3,(H,16,20);4H,1-3H3. The Morgan fingerprint density at radius 1 is 1.13 bits per heavy atom. The van der Waals surface area contributed by atoms with Gasteiger partial charge in [-0.1, -0.05) is 83.7 Å². The first-order chi connectivity index (χ1) is 21.3. The van der Waals surface area contributed by atoms with Crippen LogP contribution in [0.5, 0.6) is 0 Å². The average Bonchev–Trinajstić information content (AvgIpc) is 3.52. The van der Waals surface area contributed by atoms with E-state index in [4.69, 9.17) is 4.74 Å². The van der Waals surface area contributed by atoms with Crippen molar-refractivity contribution in [2.75, 3.05) is 26.8 Å². The first kappa shape index (κ1) is 36.5. The second-order valence-corrected chi connectivity index (χ2v) is 11.9. The van der Waals surface area contributed by atoms with Gasteiger partial charge in [0.05, 0.1) is 18.1 Å². The minimum Gasteiger partial charge on any atom is -0.467 e. The van der Waals surface area contributed by atoms with Crippen LogP contribution in [0.3, 0.4) is 0 Å². The van der Waals surface area contributed by atoms with Crippen LogP contribution >= 0.6 is 0 Å². The van der Waals surface area contributed by atoms with Crippen LogP contribution in [0.4, 0.5) is 4.79 Å². The zero-order valence-corrected chi connectivity index (χ0v) is 27.2. The Morgan fingerprint density at radius 3 is 2.47 bits per heavy atom. The van der Waals surface area contributed by atoms with Crippen molar-refractivity contribution in [3.63, 3.8) is 0 Å². The molecule has 1 aromatic heterocycles. The molecule has 1 fully saturated rings. The molecule has 3 aromatic rings. The van der Waals surface area contributed by atoms with Crippen LogP contribution in [0.1, 0.15) is 53.0 Å². The molecule has 1 saturated heterocycles. The molecule has 0 bridgehead atoms. The quantitative estimate of drug-likeness (QED) is 0.234. The number of benzene rings is 2. The zero-order valence-electron chi connectivity index (χ0n) is 27.2. The zero-order chi connectivity index (χ0) is 33.6. The number of para-hydroxylation sites is 2. The summed E-state index contributed by atoms with van der Waals surface area (Å²) in [7, 11) is 1.29. The number of aromatic nitrogens is 2. The number of fused-ring (bicyclic) bond motifs is 1. The smallest absolute Gasteiger partial charge is 0.407 e. The van der Waals surface area contributed by atoms with E-state index < -0.39 is 18.1 Å². The van der Waals surface area contributed by atoms with Crippen LogP contribution in [0.15, 0.2) is 72.6 Å². The largest absolute Gasteiger partial charge is 0.467 e. The minimum atomic E-state index is -0.669. The number of aromatic amines is 1. The molecule has 1 atom stereocenters. The van der Waals surface area contributed by atoms with Crippen LogP contribution in [0.25, 0.3) is 28.4 Å². The van der Waals surface area contributed by atoms with E-state index in [-0.39, 0.29) is 30.0 Å². The Kier molecular flexibility index (Phi) is 14.2. The maximum Gasteiger partial charge on any atom is 0.407 e. The van der Waals surface area contributed by atoms with Crippen molar-refractivity contribution >= 4 is 35.1 Å². The summed E-state index contributed by atoms with van der Waals surface area (Å²) in [4.78, 5) is 56.0. The number of nitrogens with one attached hydrogen (secondary N) is 2. The monoisotopic (exact) mass is 618 g/mol. The summed E-state index contributed by atoms with van der Waals surface area (Å²) < 4.78 is 9.70. The second kappa shape index (κ2) is 17.5. The molecule has 2 amide bonds. The molecule has 0 spiro atoms. The topological polar surface area (TPSA) is 131 Å². The van der Waals surface area contributed by atoms with E-state index in [9.17, 15) is 19.2 Å². The number of ether oxygens (including phenoxy) is 2. The summed E-state index contributed by atoms with van der Waals surface area (Å²) in [6, 6.07) is 14.5. The lowest BCUT2D eigenvalue weighted by Crippen LogP contribution is -2.46. The van der Waals surface area contributed by atoms with Crippen LogP contribution in [-0.2, 0) is 19.1 Å². The Labute approximate surface area is 265 Å². The van der Waals surface area contributed by atoms with Gasteiger partial charge in [0.1, 0.15) is 24.9 Å². The summed E-state index contributed by atoms with van der Waals surface area (Å²) in [6.45, 7) is 18.1. The maximum atomic E-state index is 12.1. The summed E-state index contributed by atoms with van der Waals surface area (Å²) in [5.41, 5.74) is 3.21. The van der Waals surface area contributed by atoms with Crippen molar-refractivity contribution in [3.8, 4) is 11.3 Å². The fourth-order valence-electron chi connectivity index (χ4n) is 4.10. The number of likely N-dealkylation sites (tertiary alicyclic amines) is 1. The number of amides is 2. The lowest BCUT2D eigenvalue weighted by Gasteiger charge is -2.23. The summed E-state index contributed by atoms with van der Waals surface area (Å²) in [5, 5.41) is 2.39. The maximum absolute atomic E-state index is 12.1. The number of alkyl carbamates (subject to hydrolysis) is 1. The first-order valence-electron chi connectivity index (χ1n) is 14.9. The van der Waals surface area contributed by atoms with E-state index in [1.807, 2.05) is 62.4 Å². The van der Waals surface area contributed by atoms with E-state index in [0.717, 1.165) is 34.5 Å². The van der Waals surface area contributed by atoms with Gasteiger partial charge in [-0.25, -0.2) is 14.6 Å². The molecule has 10 heteroatoms. The Bertz CT molecular complexity index is 1530. The van der Waals surface area contributed by atoms with Gasteiger partial charge < -0.3 is 24.7 Å².